The fraction of sp³-hybridized carbons (Fsp3) is 0.286. The Kier molecular flexibility index (Phi) is 8.00. The number of para-hydroxylation sites is 1. The summed E-state index contributed by atoms with van der Waals surface area (Å²) >= 11 is 0. The molecule has 7 nitrogen and oxygen atoms in total. The largest absolute Gasteiger partial charge is 0.493 e. The third-order valence-electron chi connectivity index (χ3n) is 6.24. The summed E-state index contributed by atoms with van der Waals surface area (Å²) in [6.07, 6.45) is 0. The van der Waals surface area contributed by atoms with Gasteiger partial charge in [0.1, 0.15) is 0 Å². The van der Waals surface area contributed by atoms with Crippen LogP contribution in [0.3, 0.4) is 0 Å². The molecule has 0 bridgehead atoms. The van der Waals surface area contributed by atoms with E-state index in [1.807, 2.05) is 49.4 Å². The Balaban J connectivity index is 1.29. The summed E-state index contributed by atoms with van der Waals surface area (Å²) in [5.41, 5.74) is 7.21. The number of nitrogens with zero attached hydrogens (tertiary/aromatic N) is 3. The van der Waals surface area contributed by atoms with E-state index in [4.69, 9.17) is 9.47 Å². The zero-order valence-electron chi connectivity index (χ0n) is 20.5. The van der Waals surface area contributed by atoms with E-state index < -0.39 is 0 Å². The van der Waals surface area contributed by atoms with Crippen LogP contribution < -0.4 is 19.8 Å². The lowest BCUT2D eigenvalue weighted by Gasteiger charge is -2.36. The smallest absolute Gasteiger partial charge is 0.271 e. The van der Waals surface area contributed by atoms with Crippen LogP contribution in [-0.2, 0) is 6.54 Å². The van der Waals surface area contributed by atoms with E-state index in [1.165, 1.54) is 11.3 Å². The van der Waals surface area contributed by atoms with Gasteiger partial charge >= 0.3 is 0 Å². The number of hydrogen-bond acceptors (Lipinski definition) is 6. The van der Waals surface area contributed by atoms with Gasteiger partial charge in [-0.05, 0) is 55.0 Å². The van der Waals surface area contributed by atoms with E-state index in [1.54, 1.807) is 14.2 Å². The van der Waals surface area contributed by atoms with E-state index in [0.29, 0.717) is 22.8 Å². The lowest BCUT2D eigenvalue weighted by molar-refractivity contribution is 0.0955. The highest BCUT2D eigenvalue weighted by Gasteiger charge is 2.17. The number of amides is 1. The van der Waals surface area contributed by atoms with Gasteiger partial charge in [-0.3, -0.25) is 9.69 Å². The lowest BCUT2D eigenvalue weighted by Crippen LogP contribution is -2.45. The molecule has 0 unspecified atom stereocenters. The molecule has 182 valence electrons. The van der Waals surface area contributed by atoms with E-state index in [0.717, 1.165) is 38.3 Å². The molecule has 0 aromatic heterocycles. The predicted molar refractivity (Wildman–Crippen MR) is 140 cm³/mol. The van der Waals surface area contributed by atoms with Crippen LogP contribution in [0, 0.1) is 0 Å². The Morgan fingerprint density at radius 2 is 1.51 bits per heavy atom. The van der Waals surface area contributed by atoms with Crippen LogP contribution in [0.5, 0.6) is 11.5 Å². The van der Waals surface area contributed by atoms with Gasteiger partial charge < -0.3 is 14.4 Å². The molecule has 0 spiro atoms. The first-order chi connectivity index (χ1) is 17.1. The molecule has 1 N–H and O–H groups in total. The number of hydrazone groups is 1. The summed E-state index contributed by atoms with van der Waals surface area (Å²) in [7, 11) is 3.18. The van der Waals surface area contributed by atoms with Crippen molar-refractivity contribution in [3.8, 4) is 11.5 Å². The summed E-state index contributed by atoms with van der Waals surface area (Å²) < 4.78 is 10.6. The first-order valence-electron chi connectivity index (χ1n) is 11.8. The normalized spacial score (nSPS) is 14.5. The molecular weight excluding hydrogens is 440 g/mol. The van der Waals surface area contributed by atoms with Gasteiger partial charge in [0.25, 0.3) is 5.91 Å². The van der Waals surface area contributed by atoms with Gasteiger partial charge in [0, 0.05) is 49.5 Å². The standard InChI is InChI=1S/C28H32N4O3/c1-21(24-13-14-26(34-2)27(19-24)35-3)29-30-28(33)23-11-9-22(10-12-23)20-31-15-17-32(18-16-31)25-7-5-4-6-8-25/h4-14,19H,15-18,20H2,1-3H3,(H,30,33)/b29-21-. The molecule has 3 aromatic carbocycles. The number of carbonyl (C=O) groups excluding carboxylic acids is 1. The molecule has 7 heteroatoms. The van der Waals surface area contributed by atoms with Crippen molar-refractivity contribution in [2.45, 2.75) is 13.5 Å². The molecule has 0 aliphatic carbocycles. The van der Waals surface area contributed by atoms with Crippen LogP contribution in [0.1, 0.15) is 28.4 Å². The molecule has 0 radical (unpaired) electrons. The molecule has 1 aliphatic heterocycles. The molecular formula is C28H32N4O3. The first-order valence-corrected chi connectivity index (χ1v) is 11.8. The summed E-state index contributed by atoms with van der Waals surface area (Å²) in [6.45, 7) is 6.77. The quantitative estimate of drug-likeness (QED) is 0.394. The van der Waals surface area contributed by atoms with Gasteiger partial charge in [-0.1, -0.05) is 30.3 Å². The second kappa shape index (κ2) is 11.5. The average molecular weight is 473 g/mol. The van der Waals surface area contributed by atoms with Crippen LogP contribution in [0.25, 0.3) is 0 Å². The molecule has 1 aliphatic rings. The molecule has 1 heterocycles. The topological polar surface area (TPSA) is 66.4 Å². The number of rotatable bonds is 8. The number of ether oxygens (including phenoxy) is 2. The van der Waals surface area contributed by atoms with Crippen molar-refractivity contribution in [2.24, 2.45) is 5.10 Å². The monoisotopic (exact) mass is 472 g/mol. The number of nitrogens with one attached hydrogen (secondary N) is 1. The molecule has 0 saturated carbocycles. The van der Waals surface area contributed by atoms with E-state index in [2.05, 4.69) is 50.7 Å². The van der Waals surface area contributed by atoms with Crippen molar-refractivity contribution in [3.63, 3.8) is 0 Å². The van der Waals surface area contributed by atoms with Gasteiger partial charge in [-0.25, -0.2) is 5.43 Å². The number of piperazine rings is 1. The minimum Gasteiger partial charge on any atom is -0.493 e. The third-order valence-corrected chi connectivity index (χ3v) is 6.24. The Morgan fingerprint density at radius 1 is 0.857 bits per heavy atom. The Labute approximate surface area is 207 Å². The maximum atomic E-state index is 12.6. The molecule has 1 amide bonds. The maximum absolute atomic E-state index is 12.6. The van der Waals surface area contributed by atoms with Crippen LogP contribution in [0.4, 0.5) is 5.69 Å². The highest BCUT2D eigenvalue weighted by atomic mass is 16.5. The fourth-order valence-corrected chi connectivity index (χ4v) is 4.15. The number of benzene rings is 3. The highest BCUT2D eigenvalue weighted by Crippen LogP contribution is 2.27. The fourth-order valence-electron chi connectivity index (χ4n) is 4.15. The van der Waals surface area contributed by atoms with Crippen LogP contribution in [-0.4, -0.2) is 56.9 Å². The van der Waals surface area contributed by atoms with Gasteiger partial charge in [0.15, 0.2) is 11.5 Å². The van der Waals surface area contributed by atoms with Crippen molar-refractivity contribution in [1.82, 2.24) is 10.3 Å². The summed E-state index contributed by atoms with van der Waals surface area (Å²) in [5, 5.41) is 4.26. The number of hydrogen-bond donors (Lipinski definition) is 1. The molecule has 35 heavy (non-hydrogen) atoms. The Hall–Kier alpha value is -3.84. The molecule has 1 saturated heterocycles. The molecule has 1 fully saturated rings. The summed E-state index contributed by atoms with van der Waals surface area (Å²) in [6, 6.07) is 23.8. The molecule has 4 rings (SSSR count). The van der Waals surface area contributed by atoms with Gasteiger partial charge in [0.2, 0.25) is 0 Å². The van der Waals surface area contributed by atoms with Crippen LogP contribution >= 0.6 is 0 Å². The van der Waals surface area contributed by atoms with E-state index in [-0.39, 0.29) is 5.91 Å². The number of anilines is 1. The van der Waals surface area contributed by atoms with Crippen LogP contribution in [0.2, 0.25) is 0 Å². The van der Waals surface area contributed by atoms with Crippen molar-refractivity contribution >= 4 is 17.3 Å². The van der Waals surface area contributed by atoms with Gasteiger partial charge in [-0.2, -0.15) is 5.10 Å². The zero-order chi connectivity index (χ0) is 24.6. The second-order valence-corrected chi connectivity index (χ2v) is 8.50. The predicted octanol–water partition coefficient (Wildman–Crippen LogP) is 4.18. The number of methoxy groups -OCH3 is 2. The number of carbonyl (C=O) groups is 1. The van der Waals surface area contributed by atoms with Crippen molar-refractivity contribution in [1.29, 1.82) is 0 Å². The molecule has 3 aromatic rings. The SMILES string of the molecule is COc1ccc(/C(C)=N\NC(=O)c2ccc(CN3CCN(c4ccccc4)CC3)cc2)cc1OC. The second-order valence-electron chi connectivity index (χ2n) is 8.50. The average Bonchev–Trinajstić information content (AvgIpc) is 2.92. The molecule has 0 atom stereocenters. The Morgan fingerprint density at radius 3 is 2.17 bits per heavy atom. The summed E-state index contributed by atoms with van der Waals surface area (Å²) in [4.78, 5) is 17.5. The Bertz CT molecular complexity index is 1150. The van der Waals surface area contributed by atoms with Crippen molar-refractivity contribution < 1.29 is 14.3 Å². The summed E-state index contributed by atoms with van der Waals surface area (Å²) in [5.74, 6) is 1.02. The van der Waals surface area contributed by atoms with Gasteiger partial charge in [-0.15, -0.1) is 0 Å². The van der Waals surface area contributed by atoms with E-state index in [9.17, 15) is 4.79 Å². The zero-order valence-corrected chi connectivity index (χ0v) is 20.5. The minimum absolute atomic E-state index is 0.243. The van der Waals surface area contributed by atoms with E-state index >= 15 is 0 Å². The van der Waals surface area contributed by atoms with Crippen LogP contribution in [0.15, 0.2) is 77.9 Å². The maximum Gasteiger partial charge on any atom is 0.271 e. The van der Waals surface area contributed by atoms with Crippen molar-refractivity contribution in [3.05, 3.63) is 89.5 Å². The lowest BCUT2D eigenvalue weighted by atomic mass is 10.1. The van der Waals surface area contributed by atoms with Gasteiger partial charge in [0.05, 0.1) is 19.9 Å². The minimum atomic E-state index is -0.243. The third kappa shape index (κ3) is 6.19. The first kappa shape index (κ1) is 24.3. The van der Waals surface area contributed by atoms with Crippen molar-refractivity contribution in [2.75, 3.05) is 45.3 Å². The highest BCUT2D eigenvalue weighted by molar-refractivity contribution is 6.01.